The summed E-state index contributed by atoms with van der Waals surface area (Å²) in [5, 5.41) is 2.53. The zero-order valence-electron chi connectivity index (χ0n) is 41.6. The number of anilines is 3. The maximum absolute atomic E-state index is 2.45. The summed E-state index contributed by atoms with van der Waals surface area (Å²) in [4.78, 5) is 2.45. The van der Waals surface area contributed by atoms with Crippen molar-refractivity contribution in [3.63, 3.8) is 0 Å². The maximum Gasteiger partial charge on any atom is 0.0725 e. The Balaban J connectivity index is 0.850. The number of nitrogens with zero attached hydrogens (tertiary/aromatic N) is 2. The molecule has 2 nitrogen and oxygen atoms in total. The van der Waals surface area contributed by atoms with Gasteiger partial charge in [-0.15, -0.1) is 0 Å². The fourth-order valence-corrected chi connectivity index (χ4v) is 14.1. The summed E-state index contributed by atoms with van der Waals surface area (Å²) >= 11 is 0. The number of rotatable bonds is 7. The van der Waals surface area contributed by atoms with E-state index in [1.165, 1.54) is 111 Å². The van der Waals surface area contributed by atoms with Gasteiger partial charge in [0.2, 0.25) is 0 Å². The number of hydrogen-bond donors (Lipinski definition) is 0. The summed E-state index contributed by atoms with van der Waals surface area (Å²) in [6.45, 7) is 0. The van der Waals surface area contributed by atoms with Gasteiger partial charge in [0.15, 0.2) is 0 Å². The van der Waals surface area contributed by atoms with Crippen molar-refractivity contribution in [1.29, 1.82) is 0 Å². The molecule has 0 amide bonds. The molecule has 3 aliphatic rings. The van der Waals surface area contributed by atoms with Gasteiger partial charge in [0.25, 0.3) is 0 Å². The number of hydrogen-bond acceptors (Lipinski definition) is 1. The van der Waals surface area contributed by atoms with Crippen LogP contribution in [0.4, 0.5) is 17.1 Å². The summed E-state index contributed by atoms with van der Waals surface area (Å²) in [6.07, 6.45) is 0. The molecule has 12 aromatic carbocycles. The van der Waals surface area contributed by atoms with Gasteiger partial charge in [-0.1, -0.05) is 231 Å². The van der Waals surface area contributed by atoms with Gasteiger partial charge < -0.3 is 9.47 Å². The molecule has 0 aliphatic heterocycles. The van der Waals surface area contributed by atoms with Crippen LogP contribution < -0.4 is 4.90 Å². The second kappa shape index (κ2) is 16.4. The molecule has 0 unspecified atom stereocenters. The Morgan fingerprint density at radius 1 is 0.250 bits per heavy atom. The second-order valence-corrected chi connectivity index (χ2v) is 20.7. The SMILES string of the molecule is c1ccc(C2(c3ccc(N(c4ccc(-c5ccc(-n6c7ccccc7c7ccccc76)cc5)cc4)c4ccc5c(c4)-c4ccccc4C54c5ccccc5-c5ccccc54)cc3)c3ccccc3-c3ccccc32)cc1. The largest absolute Gasteiger partial charge is 0.310 e. The molecule has 0 bridgehead atoms. The molecule has 0 radical (unpaired) electrons. The Morgan fingerprint density at radius 2 is 0.605 bits per heavy atom. The van der Waals surface area contributed by atoms with Crippen molar-refractivity contribution in [2.45, 2.75) is 10.8 Å². The topological polar surface area (TPSA) is 8.17 Å². The Hall–Kier alpha value is -9.76. The molecule has 0 atom stereocenters. The highest BCUT2D eigenvalue weighted by Crippen LogP contribution is 2.63. The minimum Gasteiger partial charge on any atom is -0.310 e. The molecule has 2 heteroatoms. The molecule has 0 N–H and O–H groups in total. The first-order chi connectivity index (χ1) is 37.7. The number of benzene rings is 12. The van der Waals surface area contributed by atoms with Crippen molar-refractivity contribution in [2.75, 3.05) is 4.90 Å². The number of fused-ring (bicyclic) bond motifs is 16. The smallest absolute Gasteiger partial charge is 0.0725 e. The van der Waals surface area contributed by atoms with Crippen LogP contribution in [0.15, 0.2) is 291 Å². The highest BCUT2D eigenvalue weighted by Gasteiger charge is 2.52. The van der Waals surface area contributed by atoms with Crippen LogP contribution in [0, 0.1) is 0 Å². The fraction of sp³-hybridized carbons (Fsp3) is 0.0270. The first-order valence-corrected chi connectivity index (χ1v) is 26.5. The second-order valence-electron chi connectivity index (χ2n) is 20.7. The predicted octanol–water partition coefficient (Wildman–Crippen LogP) is 18.6. The van der Waals surface area contributed by atoms with E-state index in [-0.39, 0.29) is 0 Å². The lowest BCUT2D eigenvalue weighted by atomic mass is 9.68. The van der Waals surface area contributed by atoms with E-state index in [1.54, 1.807) is 0 Å². The van der Waals surface area contributed by atoms with Crippen molar-refractivity contribution >= 4 is 38.9 Å². The molecular formula is C74H48N2. The monoisotopic (exact) mass is 964 g/mol. The molecule has 354 valence electrons. The highest BCUT2D eigenvalue weighted by molar-refractivity contribution is 6.09. The van der Waals surface area contributed by atoms with Gasteiger partial charge >= 0.3 is 0 Å². The standard InChI is InChI=1S/C74H48N2/c1-2-18-51(19-3-1)73(65-27-11-4-20-57(65)58-21-5-12-28-66(58)73)52-38-44-54(45-39-52)75(53-40-34-49(35-41-53)50-36-42-55(43-37-50)76-71-32-16-9-25-62(71)63-26-10-17-33-72(63)76)56-46-47-70-64(48-56)61-24-8-15-31-69(61)74(70)67-29-13-6-22-59(67)60-23-7-14-30-68(60)74/h1-48H. The van der Waals surface area contributed by atoms with Crippen molar-refractivity contribution in [1.82, 2.24) is 4.57 Å². The molecule has 0 saturated heterocycles. The molecule has 3 aliphatic carbocycles. The summed E-state index contributed by atoms with van der Waals surface area (Å²) in [7, 11) is 0. The Labute approximate surface area is 442 Å². The van der Waals surface area contributed by atoms with Crippen LogP contribution in [-0.2, 0) is 10.8 Å². The van der Waals surface area contributed by atoms with Gasteiger partial charge in [-0.05, 0) is 150 Å². The van der Waals surface area contributed by atoms with Crippen LogP contribution in [0.3, 0.4) is 0 Å². The molecular weight excluding hydrogens is 917 g/mol. The van der Waals surface area contributed by atoms with E-state index < -0.39 is 10.8 Å². The average Bonchev–Trinajstić information content (AvgIpc) is 4.36. The van der Waals surface area contributed by atoms with E-state index in [0.717, 1.165) is 22.7 Å². The third-order valence-electron chi connectivity index (χ3n) is 17.1. The van der Waals surface area contributed by atoms with E-state index in [4.69, 9.17) is 0 Å². The molecule has 0 saturated carbocycles. The van der Waals surface area contributed by atoms with E-state index in [2.05, 4.69) is 301 Å². The van der Waals surface area contributed by atoms with Crippen LogP contribution in [0.1, 0.15) is 44.5 Å². The van der Waals surface area contributed by atoms with Gasteiger partial charge in [0.05, 0.1) is 21.9 Å². The van der Waals surface area contributed by atoms with Gasteiger partial charge in [-0.3, -0.25) is 0 Å². The minimum atomic E-state index is -0.490. The zero-order valence-corrected chi connectivity index (χ0v) is 41.6. The lowest BCUT2D eigenvalue weighted by Gasteiger charge is -2.34. The van der Waals surface area contributed by atoms with Gasteiger partial charge in [-0.25, -0.2) is 0 Å². The van der Waals surface area contributed by atoms with Gasteiger partial charge in [0, 0.05) is 33.5 Å². The molecule has 1 heterocycles. The van der Waals surface area contributed by atoms with Crippen LogP contribution in [0.2, 0.25) is 0 Å². The van der Waals surface area contributed by atoms with Crippen molar-refractivity contribution in [3.05, 3.63) is 336 Å². The molecule has 1 spiro atoms. The minimum absolute atomic E-state index is 0.414. The number of aromatic nitrogens is 1. The average molecular weight is 965 g/mol. The molecule has 0 fully saturated rings. The quantitative estimate of drug-likeness (QED) is 0.155. The van der Waals surface area contributed by atoms with E-state index in [0.29, 0.717) is 0 Å². The lowest BCUT2D eigenvalue weighted by molar-refractivity contribution is 0.768. The van der Waals surface area contributed by atoms with Crippen molar-refractivity contribution in [3.8, 4) is 50.2 Å². The van der Waals surface area contributed by atoms with E-state index in [1.807, 2.05) is 0 Å². The third-order valence-corrected chi connectivity index (χ3v) is 17.1. The van der Waals surface area contributed by atoms with Crippen LogP contribution >= 0.6 is 0 Å². The van der Waals surface area contributed by atoms with E-state index >= 15 is 0 Å². The highest BCUT2D eigenvalue weighted by atomic mass is 15.1. The van der Waals surface area contributed by atoms with Gasteiger partial charge in [0.1, 0.15) is 0 Å². The van der Waals surface area contributed by atoms with E-state index in [9.17, 15) is 0 Å². The van der Waals surface area contributed by atoms with Crippen molar-refractivity contribution in [2.24, 2.45) is 0 Å². The first kappa shape index (κ1) is 42.7. The van der Waals surface area contributed by atoms with Gasteiger partial charge in [-0.2, -0.15) is 0 Å². The molecule has 16 rings (SSSR count). The first-order valence-electron chi connectivity index (χ1n) is 26.5. The summed E-state index contributed by atoms with van der Waals surface area (Å²) < 4.78 is 2.38. The number of para-hydroxylation sites is 2. The predicted molar refractivity (Wildman–Crippen MR) is 315 cm³/mol. The van der Waals surface area contributed by atoms with Crippen molar-refractivity contribution < 1.29 is 0 Å². The lowest BCUT2D eigenvalue weighted by Crippen LogP contribution is -2.28. The molecule has 76 heavy (non-hydrogen) atoms. The maximum atomic E-state index is 2.45. The summed E-state index contributed by atoms with van der Waals surface area (Å²) in [5.41, 5.74) is 26.5. The van der Waals surface area contributed by atoms with Crippen LogP contribution in [-0.4, -0.2) is 4.57 Å². The molecule has 13 aromatic rings. The Bertz CT molecular complexity index is 4300. The normalized spacial score (nSPS) is 13.7. The summed E-state index contributed by atoms with van der Waals surface area (Å²) in [5.74, 6) is 0. The summed E-state index contributed by atoms with van der Waals surface area (Å²) in [6, 6.07) is 109. The van der Waals surface area contributed by atoms with Crippen LogP contribution in [0.25, 0.3) is 72.0 Å². The molecule has 1 aromatic heterocycles. The Kier molecular flexibility index (Phi) is 9.20. The Morgan fingerprint density at radius 3 is 1.11 bits per heavy atom. The fourth-order valence-electron chi connectivity index (χ4n) is 14.1. The zero-order chi connectivity index (χ0) is 50.0. The van der Waals surface area contributed by atoms with Crippen LogP contribution in [0.5, 0.6) is 0 Å². The third kappa shape index (κ3) is 5.81.